The molecule has 0 spiro atoms. The average Bonchev–Trinajstić information content (AvgIpc) is 2.84. The van der Waals surface area contributed by atoms with Gasteiger partial charge in [0.25, 0.3) is 0 Å². The van der Waals surface area contributed by atoms with E-state index in [1.54, 1.807) is 5.57 Å². The summed E-state index contributed by atoms with van der Waals surface area (Å²) in [4.78, 5) is 0. The van der Waals surface area contributed by atoms with Gasteiger partial charge in [-0.3, -0.25) is 0 Å². The van der Waals surface area contributed by atoms with Gasteiger partial charge in [0.15, 0.2) is 0 Å². The zero-order valence-electron chi connectivity index (χ0n) is 14.7. The van der Waals surface area contributed by atoms with Crippen molar-refractivity contribution in [1.82, 2.24) is 0 Å². The fourth-order valence-electron chi connectivity index (χ4n) is 6.99. The molecule has 4 rings (SSSR count). The van der Waals surface area contributed by atoms with Gasteiger partial charge in [0.1, 0.15) is 0 Å². The number of allylic oxidation sites excluding steroid dienone is 3. The van der Waals surface area contributed by atoms with E-state index in [4.69, 9.17) is 0 Å². The molecule has 0 aliphatic heterocycles. The molecule has 1 heteroatoms. The van der Waals surface area contributed by atoms with Gasteiger partial charge in [-0.2, -0.15) is 11.8 Å². The first kappa shape index (κ1) is 15.4. The molecule has 3 saturated carbocycles. The SMILES string of the molecule is C=C1C=C2CCC3C(CCC4(C)C(SC)CCC34)C2(C)CC1. The van der Waals surface area contributed by atoms with Gasteiger partial charge in [0, 0.05) is 5.25 Å². The van der Waals surface area contributed by atoms with Gasteiger partial charge < -0.3 is 0 Å². The van der Waals surface area contributed by atoms with Crippen LogP contribution in [0.4, 0.5) is 0 Å². The van der Waals surface area contributed by atoms with Crippen LogP contribution >= 0.6 is 11.8 Å². The van der Waals surface area contributed by atoms with Crippen molar-refractivity contribution in [3.05, 3.63) is 23.8 Å². The Labute approximate surface area is 141 Å². The number of fused-ring (bicyclic) bond motifs is 5. The molecule has 0 N–H and O–H groups in total. The maximum atomic E-state index is 4.25. The predicted molar refractivity (Wildman–Crippen MR) is 98.1 cm³/mol. The lowest BCUT2D eigenvalue weighted by molar-refractivity contribution is -0.0328. The van der Waals surface area contributed by atoms with Gasteiger partial charge in [0.2, 0.25) is 0 Å². The standard InChI is InChI=1S/C21H32S/c1-14-9-11-20(2)15(13-14)5-6-16-17-7-8-19(22-4)21(17,3)12-10-18(16)20/h13,16-19H,1,5-12H2,2-4H3. The van der Waals surface area contributed by atoms with Crippen LogP contribution in [0.5, 0.6) is 0 Å². The van der Waals surface area contributed by atoms with E-state index in [-0.39, 0.29) is 0 Å². The Balaban J connectivity index is 1.67. The molecule has 22 heavy (non-hydrogen) atoms. The summed E-state index contributed by atoms with van der Waals surface area (Å²) in [6.45, 7) is 9.49. The quantitative estimate of drug-likeness (QED) is 0.552. The molecule has 0 heterocycles. The lowest BCUT2D eigenvalue weighted by atomic mass is 9.47. The fourth-order valence-corrected chi connectivity index (χ4v) is 8.19. The van der Waals surface area contributed by atoms with Gasteiger partial charge >= 0.3 is 0 Å². The van der Waals surface area contributed by atoms with E-state index in [2.05, 4.69) is 44.5 Å². The molecule has 0 saturated heterocycles. The molecule has 0 radical (unpaired) electrons. The van der Waals surface area contributed by atoms with Crippen molar-refractivity contribution in [3.8, 4) is 0 Å². The summed E-state index contributed by atoms with van der Waals surface area (Å²) in [5, 5.41) is 0.925. The molecule has 0 nitrogen and oxygen atoms in total. The van der Waals surface area contributed by atoms with E-state index in [0.717, 1.165) is 23.0 Å². The number of hydrogen-bond acceptors (Lipinski definition) is 1. The van der Waals surface area contributed by atoms with E-state index in [0.29, 0.717) is 10.8 Å². The van der Waals surface area contributed by atoms with Crippen molar-refractivity contribution < 1.29 is 0 Å². The van der Waals surface area contributed by atoms with Crippen LogP contribution in [-0.4, -0.2) is 11.5 Å². The van der Waals surface area contributed by atoms with Crippen molar-refractivity contribution in [2.75, 3.05) is 6.26 Å². The second kappa shape index (κ2) is 5.16. The molecule has 0 bridgehead atoms. The molecule has 6 unspecified atom stereocenters. The minimum absolute atomic E-state index is 0.503. The molecular weight excluding hydrogens is 284 g/mol. The highest BCUT2D eigenvalue weighted by atomic mass is 32.2. The molecule has 122 valence electrons. The summed E-state index contributed by atoms with van der Waals surface area (Å²) in [5.41, 5.74) is 4.28. The Morgan fingerprint density at radius 3 is 2.64 bits per heavy atom. The smallest absolute Gasteiger partial charge is 0.0101 e. The van der Waals surface area contributed by atoms with E-state index in [9.17, 15) is 0 Å². The van der Waals surface area contributed by atoms with Crippen LogP contribution in [0.15, 0.2) is 23.8 Å². The summed E-state index contributed by atoms with van der Waals surface area (Å²) in [6, 6.07) is 0. The largest absolute Gasteiger partial charge is 0.161 e. The minimum atomic E-state index is 0.503. The summed E-state index contributed by atoms with van der Waals surface area (Å²) in [6.07, 6.45) is 16.2. The first-order valence-corrected chi connectivity index (χ1v) is 10.7. The van der Waals surface area contributed by atoms with Crippen molar-refractivity contribution >= 4 is 11.8 Å². The van der Waals surface area contributed by atoms with Gasteiger partial charge in [-0.15, -0.1) is 0 Å². The highest BCUT2D eigenvalue weighted by Gasteiger charge is 2.58. The van der Waals surface area contributed by atoms with Crippen molar-refractivity contribution in [3.63, 3.8) is 0 Å². The first-order chi connectivity index (χ1) is 10.5. The van der Waals surface area contributed by atoms with E-state index < -0.39 is 0 Å². The maximum absolute atomic E-state index is 4.25. The zero-order chi connectivity index (χ0) is 15.5. The Morgan fingerprint density at radius 1 is 1.05 bits per heavy atom. The molecule has 0 aromatic carbocycles. The summed E-state index contributed by atoms with van der Waals surface area (Å²) in [5.74, 6) is 2.97. The Bertz CT molecular complexity index is 518. The highest BCUT2D eigenvalue weighted by molar-refractivity contribution is 7.99. The van der Waals surface area contributed by atoms with E-state index >= 15 is 0 Å². The first-order valence-electron chi connectivity index (χ1n) is 9.40. The second-order valence-electron chi connectivity index (χ2n) is 9.01. The lowest BCUT2D eigenvalue weighted by Gasteiger charge is -2.58. The van der Waals surface area contributed by atoms with Gasteiger partial charge in [0.05, 0.1) is 0 Å². The molecule has 0 amide bonds. The van der Waals surface area contributed by atoms with Crippen LogP contribution in [0.1, 0.15) is 65.2 Å². The summed E-state index contributed by atoms with van der Waals surface area (Å²) >= 11 is 2.16. The van der Waals surface area contributed by atoms with Crippen molar-refractivity contribution in [2.45, 2.75) is 70.5 Å². The van der Waals surface area contributed by atoms with Crippen molar-refractivity contribution in [1.29, 1.82) is 0 Å². The molecule has 3 fully saturated rings. The number of hydrogen-bond donors (Lipinski definition) is 0. The predicted octanol–water partition coefficient (Wildman–Crippen LogP) is 6.24. The highest BCUT2D eigenvalue weighted by Crippen LogP contribution is 2.66. The molecular formula is C21H32S. The Kier molecular flexibility index (Phi) is 3.61. The van der Waals surface area contributed by atoms with Gasteiger partial charge in [-0.25, -0.2) is 0 Å². The molecule has 0 aromatic rings. The second-order valence-corrected chi connectivity index (χ2v) is 10.0. The van der Waals surface area contributed by atoms with E-state index in [1.807, 2.05) is 0 Å². The molecule has 4 aliphatic carbocycles. The Hall–Kier alpha value is -0.170. The molecule has 0 aromatic heterocycles. The minimum Gasteiger partial charge on any atom is -0.161 e. The third kappa shape index (κ3) is 1.96. The van der Waals surface area contributed by atoms with Gasteiger partial charge in [-0.05, 0) is 86.2 Å². The van der Waals surface area contributed by atoms with Crippen molar-refractivity contribution in [2.24, 2.45) is 28.6 Å². The average molecular weight is 317 g/mol. The normalized spacial score (nSPS) is 50.9. The topological polar surface area (TPSA) is 0 Å². The third-order valence-electron chi connectivity index (χ3n) is 8.28. The van der Waals surface area contributed by atoms with E-state index in [1.165, 1.54) is 56.9 Å². The number of thioether (sulfide) groups is 1. The zero-order valence-corrected chi connectivity index (χ0v) is 15.5. The fraction of sp³-hybridized carbons (Fsp3) is 0.810. The number of rotatable bonds is 1. The summed E-state index contributed by atoms with van der Waals surface area (Å²) in [7, 11) is 0. The molecule has 4 aliphatic rings. The van der Waals surface area contributed by atoms with Gasteiger partial charge in [-0.1, -0.05) is 37.6 Å². The van der Waals surface area contributed by atoms with Crippen LogP contribution in [0.2, 0.25) is 0 Å². The van der Waals surface area contributed by atoms with Crippen LogP contribution in [0, 0.1) is 28.6 Å². The lowest BCUT2D eigenvalue weighted by Crippen LogP contribution is -2.50. The third-order valence-corrected chi connectivity index (χ3v) is 9.62. The van der Waals surface area contributed by atoms with Crippen LogP contribution in [-0.2, 0) is 0 Å². The maximum Gasteiger partial charge on any atom is 0.0101 e. The van der Waals surface area contributed by atoms with Crippen LogP contribution < -0.4 is 0 Å². The monoisotopic (exact) mass is 316 g/mol. The van der Waals surface area contributed by atoms with Crippen LogP contribution in [0.3, 0.4) is 0 Å². The van der Waals surface area contributed by atoms with Crippen LogP contribution in [0.25, 0.3) is 0 Å². The Morgan fingerprint density at radius 2 is 1.86 bits per heavy atom. The molecule has 6 atom stereocenters. The summed E-state index contributed by atoms with van der Waals surface area (Å²) < 4.78 is 0.